The fourth-order valence-electron chi connectivity index (χ4n) is 15.5. The van der Waals surface area contributed by atoms with Crippen LogP contribution in [0.5, 0.6) is 23.0 Å². The lowest BCUT2D eigenvalue weighted by Gasteiger charge is -2.46. The monoisotopic (exact) mass is 1140 g/mol. The summed E-state index contributed by atoms with van der Waals surface area (Å²) in [5, 5.41) is 0. The van der Waals surface area contributed by atoms with E-state index < -0.39 is 0 Å². The summed E-state index contributed by atoms with van der Waals surface area (Å²) >= 11 is 3.84. The third kappa shape index (κ3) is 7.49. The lowest BCUT2D eigenvalue weighted by atomic mass is 9.33. The number of anilines is 6. The van der Waals surface area contributed by atoms with Gasteiger partial charge in [-0.2, -0.15) is 0 Å². The number of rotatable bonds is 8. The number of para-hydroxylation sites is 1. The van der Waals surface area contributed by atoms with Crippen LogP contribution in [0.1, 0.15) is 38.9 Å². The molecule has 4 nitrogen and oxygen atoms in total. The summed E-state index contributed by atoms with van der Waals surface area (Å²) in [7, 11) is 0. The maximum Gasteiger partial charge on any atom is 0.247 e. The molecule has 0 saturated carbocycles. The molecule has 6 aliphatic heterocycles. The van der Waals surface area contributed by atoms with Gasteiger partial charge in [-0.15, -0.1) is 0 Å². The number of nitrogens with zero attached hydrogens (tertiary/aromatic N) is 2. The van der Waals surface area contributed by atoms with Gasteiger partial charge in [0.15, 0.2) is 23.0 Å². The van der Waals surface area contributed by atoms with Gasteiger partial charge < -0.3 is 14.4 Å². The van der Waals surface area contributed by atoms with E-state index in [9.17, 15) is 0 Å². The van der Waals surface area contributed by atoms with Gasteiger partial charge in [0.2, 0.25) is 13.4 Å². The SMILES string of the molecule is Cc1cc(C)c(B2c3cc(-c4ccccc4)cc4c3N3c5c(cc(Cc6cc(C)c(B7c8cc(-c9ccccc9)cc9c8N8c%10c(cccc%10Sc%10cc(-c%11ccccc%11)cc7c%108)S9)c(C)c6)cc5Oc5cc(-c6ccccc6)cc2c53)O4)c(C)c1. The Morgan fingerprint density at radius 2 is 0.651 bits per heavy atom. The Morgan fingerprint density at radius 3 is 1.07 bits per heavy atom. The summed E-state index contributed by atoms with van der Waals surface area (Å²) < 4.78 is 14.8. The Balaban J connectivity index is 0.801. The van der Waals surface area contributed by atoms with Crippen LogP contribution in [0.15, 0.2) is 244 Å². The molecule has 6 aliphatic rings. The van der Waals surface area contributed by atoms with E-state index >= 15 is 0 Å². The molecule has 0 saturated heterocycles. The molecule has 0 amide bonds. The molecule has 0 fully saturated rings. The highest BCUT2D eigenvalue weighted by Gasteiger charge is 2.48. The zero-order valence-corrected chi connectivity index (χ0v) is 49.9. The molecule has 0 N–H and O–H groups in total. The van der Waals surface area contributed by atoms with Gasteiger partial charge in [-0.25, -0.2) is 0 Å². The lowest BCUT2D eigenvalue weighted by Crippen LogP contribution is -2.59. The molecule has 0 spiro atoms. The first kappa shape index (κ1) is 50.0. The van der Waals surface area contributed by atoms with E-state index in [2.05, 4.69) is 269 Å². The first-order valence-corrected chi connectivity index (χ1v) is 31.5. The van der Waals surface area contributed by atoms with Gasteiger partial charge in [-0.1, -0.05) is 238 Å². The fraction of sp³-hybridized carbons (Fsp3) is 0.0769. The van der Waals surface area contributed by atoms with Crippen LogP contribution < -0.4 is 52.1 Å². The summed E-state index contributed by atoms with van der Waals surface area (Å²) in [6, 6.07) is 83.8. The third-order valence-electron chi connectivity index (χ3n) is 18.8. The normalized spacial score (nSPS) is 13.7. The third-order valence-corrected chi connectivity index (χ3v) is 20.9. The first-order valence-electron chi connectivity index (χ1n) is 29.9. The molecule has 0 unspecified atom stereocenters. The molecule has 86 heavy (non-hydrogen) atoms. The molecule has 0 aliphatic carbocycles. The molecule has 8 heteroatoms. The van der Waals surface area contributed by atoms with E-state index in [0.29, 0.717) is 6.42 Å². The quantitative estimate of drug-likeness (QED) is 0.141. The summed E-state index contributed by atoms with van der Waals surface area (Å²) in [6.45, 7) is 11.3. The van der Waals surface area contributed by atoms with Gasteiger partial charge >= 0.3 is 0 Å². The predicted octanol–water partition coefficient (Wildman–Crippen LogP) is 17.2. The topological polar surface area (TPSA) is 24.9 Å². The highest BCUT2D eigenvalue weighted by molar-refractivity contribution is 8.00. The van der Waals surface area contributed by atoms with Crippen molar-refractivity contribution in [1.29, 1.82) is 0 Å². The van der Waals surface area contributed by atoms with Gasteiger partial charge in [0.25, 0.3) is 0 Å². The Bertz CT molecular complexity index is 4650. The minimum absolute atomic E-state index is 0.0300. The molecule has 0 radical (unpaired) electrons. The Labute approximate surface area is 511 Å². The minimum Gasteiger partial charge on any atom is -0.453 e. The van der Waals surface area contributed by atoms with Crippen LogP contribution in [-0.2, 0) is 6.42 Å². The van der Waals surface area contributed by atoms with E-state index in [1.54, 1.807) is 0 Å². The number of hydrogen-bond donors (Lipinski definition) is 0. The van der Waals surface area contributed by atoms with Crippen LogP contribution in [0.2, 0.25) is 0 Å². The number of hydrogen-bond acceptors (Lipinski definition) is 6. The highest BCUT2D eigenvalue weighted by atomic mass is 32.2. The number of benzene rings is 12. The van der Waals surface area contributed by atoms with Gasteiger partial charge in [0, 0.05) is 19.6 Å². The Kier molecular flexibility index (Phi) is 11.0. The van der Waals surface area contributed by atoms with Crippen LogP contribution in [-0.4, -0.2) is 13.4 Å². The molecular weight excluding hydrogens is 1080 g/mol. The molecule has 0 aromatic heterocycles. The Morgan fingerprint density at radius 1 is 0.302 bits per heavy atom. The second kappa shape index (κ2) is 18.8. The van der Waals surface area contributed by atoms with Crippen LogP contribution >= 0.6 is 23.5 Å². The van der Waals surface area contributed by atoms with E-state index in [4.69, 9.17) is 9.47 Å². The zero-order chi connectivity index (χ0) is 57.2. The van der Waals surface area contributed by atoms with Crippen molar-refractivity contribution in [2.45, 2.75) is 60.6 Å². The Hall–Kier alpha value is -9.33. The average Bonchev–Trinajstić information content (AvgIpc) is 0.747. The van der Waals surface area contributed by atoms with Gasteiger partial charge in [-0.05, 0) is 167 Å². The number of aryl methyl sites for hydroxylation is 5. The summed E-state index contributed by atoms with van der Waals surface area (Å²) in [5.41, 5.74) is 33.1. The van der Waals surface area contributed by atoms with Crippen molar-refractivity contribution in [3.05, 3.63) is 263 Å². The molecule has 0 atom stereocenters. The zero-order valence-electron chi connectivity index (χ0n) is 48.3. The first-order chi connectivity index (χ1) is 42.1. The van der Waals surface area contributed by atoms with Crippen LogP contribution in [0, 0.1) is 34.6 Å². The second-order valence-corrected chi connectivity index (χ2v) is 26.4. The molecular formula is C78H54B2N2O2S2. The average molecular weight is 1140 g/mol. The highest BCUT2D eigenvalue weighted by Crippen LogP contribution is 2.63. The smallest absolute Gasteiger partial charge is 0.247 e. The van der Waals surface area contributed by atoms with Crippen LogP contribution in [0.25, 0.3) is 44.5 Å². The molecule has 12 aromatic rings. The lowest BCUT2D eigenvalue weighted by molar-refractivity contribution is 0.445. The summed E-state index contributed by atoms with van der Waals surface area (Å²) in [5.74, 6) is 3.31. The van der Waals surface area contributed by atoms with Crippen molar-refractivity contribution < 1.29 is 9.47 Å². The molecule has 406 valence electrons. The van der Waals surface area contributed by atoms with Gasteiger partial charge in [0.1, 0.15) is 5.69 Å². The molecule has 6 heterocycles. The summed E-state index contributed by atoms with van der Waals surface area (Å²) in [4.78, 5) is 10.3. The van der Waals surface area contributed by atoms with Gasteiger partial charge in [-0.3, -0.25) is 4.90 Å². The van der Waals surface area contributed by atoms with Crippen molar-refractivity contribution in [2.75, 3.05) is 9.80 Å². The van der Waals surface area contributed by atoms with Crippen molar-refractivity contribution >= 4 is 104 Å². The van der Waals surface area contributed by atoms with E-state index in [0.717, 1.165) is 67.9 Å². The van der Waals surface area contributed by atoms with Gasteiger partial charge in [0.05, 0.1) is 28.4 Å². The van der Waals surface area contributed by atoms with Crippen molar-refractivity contribution in [3.63, 3.8) is 0 Å². The molecule has 18 rings (SSSR count). The molecule has 0 bridgehead atoms. The summed E-state index contributed by atoms with van der Waals surface area (Å²) in [6.07, 6.45) is 0.691. The predicted molar refractivity (Wildman–Crippen MR) is 361 cm³/mol. The van der Waals surface area contributed by atoms with Crippen molar-refractivity contribution in [1.82, 2.24) is 0 Å². The second-order valence-electron chi connectivity index (χ2n) is 24.2. The minimum atomic E-state index is -0.0861. The van der Waals surface area contributed by atoms with E-state index in [-0.39, 0.29) is 13.4 Å². The van der Waals surface area contributed by atoms with Crippen LogP contribution in [0.3, 0.4) is 0 Å². The van der Waals surface area contributed by atoms with E-state index in [1.807, 2.05) is 23.5 Å². The maximum atomic E-state index is 7.38. The number of ether oxygens (including phenoxy) is 2. The standard InChI is InChI=1S/C78H54B2N2O2S2/c1-44-29-45(2)71(46(3)30-44)79-59-36-55(51-19-10-6-11-20-51)40-65-73(59)81-74-60(79)37-56(52-21-12-7-13-22-52)41-66(74)84-64-35-50(34-63(83-65)77(64)81)33-49-31-47(4)72(48(5)32-49)80-61-38-57(53-23-14-8-15-24-53)42-69-75(61)82-76-62(80)39-58(54-25-16-9-17-26-54)43-70(76)86-68-28-18-27-67(85-69)78(68)82/h6-32,34-43H,33H2,1-5H3. The van der Waals surface area contributed by atoms with Crippen molar-refractivity contribution in [3.8, 4) is 67.5 Å². The fourth-order valence-corrected chi connectivity index (χ4v) is 17.9. The van der Waals surface area contributed by atoms with Crippen LogP contribution in [0.4, 0.5) is 34.1 Å². The molecule has 12 aromatic carbocycles. The largest absolute Gasteiger partial charge is 0.453 e. The van der Waals surface area contributed by atoms with E-state index in [1.165, 1.54) is 125 Å². The van der Waals surface area contributed by atoms with Crippen molar-refractivity contribution in [2.24, 2.45) is 0 Å². The maximum absolute atomic E-state index is 7.38.